The molecule has 3 aromatic rings. The second-order valence-electron chi connectivity index (χ2n) is 7.35. The Labute approximate surface area is 186 Å². The van der Waals surface area contributed by atoms with E-state index in [0.29, 0.717) is 59.8 Å². The molecule has 2 aliphatic heterocycles. The lowest BCUT2D eigenvalue weighted by Gasteiger charge is -2.23. The summed E-state index contributed by atoms with van der Waals surface area (Å²) in [4.78, 5) is 13.6. The molecule has 166 valence electrons. The van der Waals surface area contributed by atoms with E-state index >= 15 is 0 Å². The summed E-state index contributed by atoms with van der Waals surface area (Å²) < 4.78 is 39.6. The highest BCUT2D eigenvalue weighted by Gasteiger charge is 2.25. The van der Waals surface area contributed by atoms with Gasteiger partial charge in [0, 0.05) is 6.99 Å². The Balaban J connectivity index is 0.00000144. The molecule has 2 aliphatic rings. The predicted octanol–water partition coefficient (Wildman–Crippen LogP) is -2.86. The number of aromatic amines is 1. The van der Waals surface area contributed by atoms with Crippen molar-refractivity contribution in [1.82, 2.24) is 14.9 Å². The first-order chi connectivity index (χ1) is 14.5. The number of aromatic nitrogens is 2. The van der Waals surface area contributed by atoms with E-state index in [4.69, 9.17) is 9.47 Å². The van der Waals surface area contributed by atoms with Crippen LogP contribution in [0.3, 0.4) is 0 Å². The van der Waals surface area contributed by atoms with Gasteiger partial charge in [-0.3, -0.25) is 4.79 Å². The zero-order chi connectivity index (χ0) is 20.7. The standard InChI is InChI=1S/C20H20N4O5S.ClH.H2/c25-20-14-2-1-3-17-18(14)19(22-23-20)15-12-13(4-5-16(15)29-17)30(26,27)21-6-7-24-8-10-28-11-9-24;;/h1-5,12,21H,6-11H2,(H,23,25);2*1H. The van der Waals surface area contributed by atoms with Crippen molar-refractivity contribution in [3.63, 3.8) is 0 Å². The quantitative estimate of drug-likeness (QED) is 0.291. The summed E-state index contributed by atoms with van der Waals surface area (Å²) in [6.07, 6.45) is 0. The third-order valence-corrected chi connectivity index (χ3v) is 6.94. The molecular formula is C20H23ClN4O5S. The molecule has 2 aromatic carbocycles. The number of nitrogens with zero attached hydrogens (tertiary/aromatic N) is 1. The Morgan fingerprint density at radius 2 is 1.97 bits per heavy atom. The van der Waals surface area contributed by atoms with Gasteiger partial charge < -0.3 is 26.8 Å². The maximum absolute atomic E-state index is 12.8. The molecule has 3 heterocycles. The average Bonchev–Trinajstić information content (AvgIpc) is 2.76. The fourth-order valence-corrected chi connectivity index (χ4v) is 4.95. The normalized spacial score (nSPS) is 15.7. The lowest BCUT2D eigenvalue weighted by atomic mass is 10.0. The minimum Gasteiger partial charge on any atom is -1.00 e. The maximum Gasteiger partial charge on any atom is 0.272 e. The van der Waals surface area contributed by atoms with Crippen LogP contribution < -0.4 is 32.3 Å². The third kappa shape index (κ3) is 4.04. The molecule has 0 bridgehead atoms. The van der Waals surface area contributed by atoms with E-state index in [1.807, 2.05) is 0 Å². The lowest BCUT2D eigenvalue weighted by molar-refractivity contribution is -0.906. The molecule has 0 unspecified atom stereocenters. The van der Waals surface area contributed by atoms with Gasteiger partial charge in [0.2, 0.25) is 10.0 Å². The SMILES string of the molecule is O=c1[nH]nc2c3c(cccc13)Oc1ccc(S(=O)(=O)NCC[NH+]3CCOCC3)cc1-2.[Cl-].[HH]. The van der Waals surface area contributed by atoms with Crippen LogP contribution in [0.15, 0.2) is 46.1 Å². The minimum absolute atomic E-state index is 0. The number of hydrogen-bond donors (Lipinski definition) is 3. The third-order valence-electron chi connectivity index (χ3n) is 5.48. The van der Waals surface area contributed by atoms with Gasteiger partial charge in [0.25, 0.3) is 5.56 Å². The van der Waals surface area contributed by atoms with Crippen molar-refractivity contribution in [2.75, 3.05) is 39.4 Å². The highest BCUT2D eigenvalue weighted by atomic mass is 35.5. The second kappa shape index (κ2) is 8.56. The molecule has 3 N–H and O–H groups in total. The Morgan fingerprint density at radius 3 is 2.77 bits per heavy atom. The largest absolute Gasteiger partial charge is 1.00 e. The molecule has 1 fully saturated rings. The molecule has 11 heteroatoms. The van der Waals surface area contributed by atoms with E-state index in [0.717, 1.165) is 13.1 Å². The van der Waals surface area contributed by atoms with Crippen molar-refractivity contribution < 1.29 is 36.6 Å². The van der Waals surface area contributed by atoms with Crippen molar-refractivity contribution in [2.45, 2.75) is 4.90 Å². The van der Waals surface area contributed by atoms with Gasteiger partial charge in [-0.25, -0.2) is 18.2 Å². The highest BCUT2D eigenvalue weighted by molar-refractivity contribution is 7.89. The van der Waals surface area contributed by atoms with Crippen molar-refractivity contribution in [2.24, 2.45) is 0 Å². The first-order valence-corrected chi connectivity index (χ1v) is 11.3. The van der Waals surface area contributed by atoms with Gasteiger partial charge >= 0.3 is 0 Å². The number of benzene rings is 2. The summed E-state index contributed by atoms with van der Waals surface area (Å²) in [6, 6.07) is 9.85. The van der Waals surface area contributed by atoms with E-state index in [-0.39, 0.29) is 24.3 Å². The Kier molecular flexibility index (Phi) is 6.00. The second-order valence-corrected chi connectivity index (χ2v) is 9.12. The summed E-state index contributed by atoms with van der Waals surface area (Å²) in [7, 11) is -3.70. The van der Waals surface area contributed by atoms with Gasteiger partial charge in [-0.2, -0.15) is 5.10 Å². The van der Waals surface area contributed by atoms with Crippen LogP contribution in [0.5, 0.6) is 11.5 Å². The Bertz CT molecular complexity index is 1290. The van der Waals surface area contributed by atoms with E-state index in [1.54, 1.807) is 24.3 Å². The maximum atomic E-state index is 12.8. The molecule has 0 amide bonds. The molecule has 31 heavy (non-hydrogen) atoms. The van der Waals surface area contributed by atoms with E-state index in [9.17, 15) is 13.2 Å². The number of halogens is 1. The molecule has 1 aromatic heterocycles. The fourth-order valence-electron chi connectivity index (χ4n) is 3.89. The molecule has 9 nitrogen and oxygen atoms in total. The number of sulfonamides is 1. The van der Waals surface area contributed by atoms with E-state index < -0.39 is 10.0 Å². The topological polar surface area (TPSA) is 115 Å². The first kappa shape index (κ1) is 21.7. The summed E-state index contributed by atoms with van der Waals surface area (Å²) in [6.45, 7) is 4.21. The molecular weight excluding hydrogens is 444 g/mol. The fraction of sp³-hybridized carbons (Fsp3) is 0.300. The van der Waals surface area contributed by atoms with Crippen LogP contribution in [-0.4, -0.2) is 58.0 Å². The van der Waals surface area contributed by atoms with E-state index in [2.05, 4.69) is 14.9 Å². The zero-order valence-electron chi connectivity index (χ0n) is 16.5. The number of quaternary nitrogens is 1. The van der Waals surface area contributed by atoms with Gasteiger partial charge in [-0.05, 0) is 30.3 Å². The molecule has 0 spiro atoms. The van der Waals surface area contributed by atoms with Crippen LogP contribution in [0.4, 0.5) is 0 Å². The number of ether oxygens (including phenoxy) is 2. The average molecular weight is 467 g/mol. The molecule has 1 saturated heterocycles. The van der Waals surface area contributed by atoms with Crippen LogP contribution in [-0.2, 0) is 14.8 Å². The molecule has 0 atom stereocenters. The van der Waals surface area contributed by atoms with Crippen molar-refractivity contribution in [3.05, 3.63) is 46.8 Å². The highest BCUT2D eigenvalue weighted by Crippen LogP contribution is 2.44. The number of hydrogen-bond acceptors (Lipinski definition) is 6. The van der Waals surface area contributed by atoms with Gasteiger partial charge in [-0.1, -0.05) is 6.07 Å². The summed E-state index contributed by atoms with van der Waals surface area (Å²) in [5.41, 5.74) is 0.701. The number of nitrogens with one attached hydrogen (secondary N) is 3. The lowest BCUT2D eigenvalue weighted by Crippen LogP contribution is -3.14. The number of H-pyrrole nitrogens is 1. The monoisotopic (exact) mass is 466 g/mol. The Hall–Kier alpha value is -2.50. The number of morpholine rings is 1. The van der Waals surface area contributed by atoms with Crippen molar-refractivity contribution in [3.8, 4) is 22.8 Å². The Morgan fingerprint density at radius 1 is 1.16 bits per heavy atom. The van der Waals surface area contributed by atoms with Gasteiger partial charge in [-0.15, -0.1) is 0 Å². The summed E-state index contributed by atoms with van der Waals surface area (Å²) in [5, 5.41) is 7.69. The van der Waals surface area contributed by atoms with Crippen LogP contribution in [0, 0.1) is 0 Å². The smallest absolute Gasteiger partial charge is 0.272 e. The minimum atomic E-state index is -3.70. The molecule has 0 aliphatic carbocycles. The van der Waals surface area contributed by atoms with Gasteiger partial charge in [0.05, 0.1) is 42.0 Å². The first-order valence-electron chi connectivity index (χ1n) is 9.77. The van der Waals surface area contributed by atoms with Crippen LogP contribution in [0.25, 0.3) is 22.0 Å². The van der Waals surface area contributed by atoms with Gasteiger partial charge in [0.15, 0.2) is 0 Å². The molecule has 0 saturated carbocycles. The van der Waals surface area contributed by atoms with Crippen molar-refractivity contribution in [1.29, 1.82) is 0 Å². The van der Waals surface area contributed by atoms with Crippen LogP contribution >= 0.6 is 0 Å². The van der Waals surface area contributed by atoms with Gasteiger partial charge in [0.1, 0.15) is 30.3 Å². The number of fused-ring (bicyclic) bond motifs is 2. The summed E-state index contributed by atoms with van der Waals surface area (Å²) in [5.74, 6) is 1.02. The van der Waals surface area contributed by atoms with Crippen LogP contribution in [0.1, 0.15) is 1.43 Å². The molecule has 0 radical (unpaired) electrons. The predicted molar refractivity (Wildman–Crippen MR) is 112 cm³/mol. The van der Waals surface area contributed by atoms with Crippen LogP contribution in [0.2, 0.25) is 0 Å². The van der Waals surface area contributed by atoms with Crippen molar-refractivity contribution >= 4 is 20.8 Å². The summed E-state index contributed by atoms with van der Waals surface area (Å²) >= 11 is 0. The van der Waals surface area contributed by atoms with E-state index in [1.165, 1.54) is 17.0 Å². The molecule has 5 rings (SSSR count). The zero-order valence-corrected chi connectivity index (χ0v) is 18.1. The number of rotatable bonds is 5.